The normalized spacial score (nSPS) is 11.8. The van der Waals surface area contributed by atoms with E-state index in [-0.39, 0.29) is 6.54 Å². The summed E-state index contributed by atoms with van der Waals surface area (Å²) in [6.45, 7) is 3.51. The molecular formula is C12H14BClN2O4. The van der Waals surface area contributed by atoms with Crippen LogP contribution in [0.4, 0.5) is 0 Å². The lowest BCUT2D eigenvalue weighted by Gasteiger charge is -2.14. The highest BCUT2D eigenvalue weighted by molar-refractivity contribution is 6.34. The number of nitrogens with two attached hydrogens (primary N) is 1. The zero-order valence-electron chi connectivity index (χ0n) is 11.1. The van der Waals surface area contributed by atoms with Crippen LogP contribution in [0.3, 0.4) is 0 Å². The van der Waals surface area contributed by atoms with Crippen molar-refractivity contribution in [3.8, 4) is 0 Å². The fourth-order valence-corrected chi connectivity index (χ4v) is 1.80. The molecule has 0 unspecified atom stereocenters. The third kappa shape index (κ3) is 3.72. The van der Waals surface area contributed by atoms with E-state index in [4.69, 9.17) is 25.5 Å². The molecule has 0 saturated heterocycles. The fraction of sp³-hybridized carbons (Fsp3) is 0.333. The molecule has 1 aromatic carbocycles. The van der Waals surface area contributed by atoms with Gasteiger partial charge in [-0.15, -0.1) is 0 Å². The Kier molecular flexibility index (Phi) is 6.00. The predicted octanol–water partition coefficient (Wildman–Crippen LogP) is 0.572. The number of halogens is 1. The largest absolute Gasteiger partial charge is 0.541 e. The van der Waals surface area contributed by atoms with Crippen LogP contribution in [0.5, 0.6) is 0 Å². The van der Waals surface area contributed by atoms with E-state index in [1.54, 1.807) is 12.1 Å². The molecule has 0 spiro atoms. The van der Waals surface area contributed by atoms with Gasteiger partial charge in [0.15, 0.2) is 6.10 Å². The Bertz CT molecular complexity index is 524. The van der Waals surface area contributed by atoms with Crippen LogP contribution < -0.4 is 11.2 Å². The number of carbonyl (C=O) groups is 2. The van der Waals surface area contributed by atoms with Crippen LogP contribution in [0.2, 0.25) is 5.02 Å². The van der Waals surface area contributed by atoms with Gasteiger partial charge >= 0.3 is 14.0 Å². The van der Waals surface area contributed by atoms with Crippen LogP contribution in [0.25, 0.3) is 0 Å². The Labute approximate surface area is 123 Å². The second kappa shape index (κ2) is 7.28. The Morgan fingerprint density at radius 2 is 2.10 bits per heavy atom. The quantitative estimate of drug-likeness (QED) is 0.612. The molecule has 1 aromatic rings. The zero-order valence-corrected chi connectivity index (χ0v) is 11.9. The van der Waals surface area contributed by atoms with Gasteiger partial charge in [-0.25, -0.2) is 5.90 Å². The maximum Gasteiger partial charge on any atom is 0.378 e. The first kappa shape index (κ1) is 16.5. The maximum absolute atomic E-state index is 12.0. The van der Waals surface area contributed by atoms with Gasteiger partial charge in [-0.1, -0.05) is 17.7 Å². The molecule has 0 aliphatic carbocycles. The zero-order chi connectivity index (χ0) is 15.3. The molecular weight excluding hydrogens is 282 g/mol. The fourth-order valence-electron chi connectivity index (χ4n) is 1.50. The molecule has 20 heavy (non-hydrogen) atoms. The van der Waals surface area contributed by atoms with Gasteiger partial charge < -0.3 is 9.97 Å². The first-order valence-electron chi connectivity index (χ1n) is 5.72. The summed E-state index contributed by atoms with van der Waals surface area (Å²) in [6, 6.07) is 3.38. The molecule has 0 heterocycles. The molecule has 0 aliphatic rings. The molecule has 1 amide bonds. The number of hydrogen-bond donors (Lipinski definition) is 2. The van der Waals surface area contributed by atoms with Crippen molar-refractivity contribution in [2.45, 2.75) is 20.0 Å². The molecule has 3 N–H and O–H groups in total. The predicted molar refractivity (Wildman–Crippen MR) is 74.2 cm³/mol. The van der Waals surface area contributed by atoms with E-state index in [1.165, 1.54) is 0 Å². The van der Waals surface area contributed by atoms with Gasteiger partial charge in [0, 0.05) is 0 Å². The van der Waals surface area contributed by atoms with Crippen molar-refractivity contribution in [1.82, 2.24) is 5.32 Å². The minimum absolute atomic E-state index is 0.186. The van der Waals surface area contributed by atoms with E-state index in [0.29, 0.717) is 10.6 Å². The van der Waals surface area contributed by atoms with Crippen molar-refractivity contribution >= 4 is 31.5 Å². The summed E-state index contributed by atoms with van der Waals surface area (Å²) in [7, 11) is 4.71. The van der Waals surface area contributed by atoms with Crippen molar-refractivity contribution in [2.24, 2.45) is 5.90 Å². The number of hydrogen-bond acceptors (Lipinski definition) is 5. The summed E-state index contributed by atoms with van der Waals surface area (Å²) < 4.78 is 3.98. The molecule has 1 rings (SSSR count). The van der Waals surface area contributed by atoms with Crippen LogP contribution in [-0.4, -0.2) is 32.6 Å². The molecule has 0 bridgehead atoms. The van der Waals surface area contributed by atoms with Crippen LogP contribution >= 0.6 is 11.6 Å². The Morgan fingerprint density at radius 3 is 2.65 bits per heavy atom. The summed E-state index contributed by atoms with van der Waals surface area (Å²) >= 11 is 6.10. The van der Waals surface area contributed by atoms with Crippen molar-refractivity contribution in [2.75, 3.05) is 6.54 Å². The molecule has 2 radical (unpaired) electrons. The Balaban J connectivity index is 2.77. The standard InChI is InChI=1S/C12H14BClN2O4/c1-6-3-4-8(10(14)7(6)2)11(17)16-5-9(20-15)12(18)19-13/h3-4,9H,5,15H2,1-2H3,(H,16,17)/t9-/m0/s1. The van der Waals surface area contributed by atoms with E-state index >= 15 is 0 Å². The highest BCUT2D eigenvalue weighted by atomic mass is 35.5. The van der Waals surface area contributed by atoms with Gasteiger partial charge in [-0.3, -0.25) is 14.4 Å². The number of nitrogens with one attached hydrogen (secondary N) is 1. The number of benzene rings is 1. The van der Waals surface area contributed by atoms with E-state index in [1.807, 2.05) is 13.8 Å². The third-order valence-electron chi connectivity index (χ3n) is 2.89. The average Bonchev–Trinajstić information content (AvgIpc) is 2.44. The molecule has 0 aliphatic heterocycles. The molecule has 0 fully saturated rings. The van der Waals surface area contributed by atoms with Crippen LogP contribution in [-0.2, 0) is 14.3 Å². The average molecular weight is 297 g/mol. The molecule has 1 atom stereocenters. The van der Waals surface area contributed by atoms with E-state index in [2.05, 4.69) is 14.8 Å². The summed E-state index contributed by atoms with van der Waals surface area (Å²) in [5.41, 5.74) is 2.08. The second-order valence-corrected chi connectivity index (χ2v) is 4.52. The molecule has 8 heteroatoms. The topological polar surface area (TPSA) is 90.6 Å². The molecule has 106 valence electrons. The van der Waals surface area contributed by atoms with Gasteiger partial charge in [0.25, 0.3) is 5.91 Å². The van der Waals surface area contributed by atoms with E-state index in [0.717, 1.165) is 11.1 Å². The first-order valence-corrected chi connectivity index (χ1v) is 6.10. The first-order chi connectivity index (χ1) is 9.42. The van der Waals surface area contributed by atoms with Gasteiger partial charge in [-0.05, 0) is 31.0 Å². The lowest BCUT2D eigenvalue weighted by molar-refractivity contribution is -0.146. The summed E-state index contributed by atoms with van der Waals surface area (Å²) in [4.78, 5) is 27.5. The summed E-state index contributed by atoms with van der Waals surface area (Å²) in [5, 5.41) is 2.82. The van der Waals surface area contributed by atoms with Gasteiger partial charge in [0.1, 0.15) is 0 Å². The lowest BCUT2D eigenvalue weighted by Crippen LogP contribution is -2.40. The molecule has 0 saturated carbocycles. The third-order valence-corrected chi connectivity index (χ3v) is 3.38. The van der Waals surface area contributed by atoms with Crippen molar-refractivity contribution in [1.29, 1.82) is 0 Å². The highest BCUT2D eigenvalue weighted by Crippen LogP contribution is 2.23. The highest BCUT2D eigenvalue weighted by Gasteiger charge is 2.21. The second-order valence-electron chi connectivity index (χ2n) is 4.14. The lowest BCUT2D eigenvalue weighted by atomic mass is 10.1. The van der Waals surface area contributed by atoms with Gasteiger partial charge in [-0.2, -0.15) is 0 Å². The number of carbonyl (C=O) groups excluding carboxylic acids is 2. The monoisotopic (exact) mass is 296 g/mol. The van der Waals surface area contributed by atoms with Gasteiger partial charge in [0.05, 0.1) is 17.1 Å². The summed E-state index contributed by atoms with van der Waals surface area (Å²) in [5.74, 6) is 3.57. The van der Waals surface area contributed by atoms with Crippen molar-refractivity contribution in [3.05, 3.63) is 33.8 Å². The smallest absolute Gasteiger partial charge is 0.378 e. The van der Waals surface area contributed by atoms with Crippen molar-refractivity contribution in [3.63, 3.8) is 0 Å². The van der Waals surface area contributed by atoms with Crippen LogP contribution in [0, 0.1) is 13.8 Å². The Hall–Kier alpha value is -1.57. The Morgan fingerprint density at radius 1 is 1.45 bits per heavy atom. The summed E-state index contributed by atoms with van der Waals surface area (Å²) in [6.07, 6.45) is -1.19. The van der Waals surface area contributed by atoms with E-state index in [9.17, 15) is 9.59 Å². The maximum atomic E-state index is 12.0. The number of rotatable bonds is 5. The molecule has 6 nitrogen and oxygen atoms in total. The van der Waals surface area contributed by atoms with Crippen molar-refractivity contribution < 1.29 is 19.1 Å². The minimum atomic E-state index is -1.19. The van der Waals surface area contributed by atoms with E-state index < -0.39 is 18.0 Å². The number of amides is 1. The molecule has 0 aromatic heterocycles. The number of aryl methyl sites for hydroxylation is 1. The minimum Gasteiger partial charge on any atom is -0.541 e. The van der Waals surface area contributed by atoms with Gasteiger partial charge in [0.2, 0.25) is 0 Å². The SMILES string of the molecule is [B]OC(=O)[C@H](CNC(=O)c1ccc(C)c(C)c1Cl)ON. The van der Waals surface area contributed by atoms with Crippen LogP contribution in [0.15, 0.2) is 12.1 Å². The van der Waals surface area contributed by atoms with Crippen LogP contribution in [0.1, 0.15) is 21.5 Å².